The van der Waals surface area contributed by atoms with Crippen molar-refractivity contribution in [2.24, 2.45) is 11.1 Å². The summed E-state index contributed by atoms with van der Waals surface area (Å²) < 4.78 is 63.5. The predicted octanol–water partition coefficient (Wildman–Crippen LogP) is 1.73. The van der Waals surface area contributed by atoms with Crippen molar-refractivity contribution < 1.29 is 26.4 Å². The van der Waals surface area contributed by atoms with Gasteiger partial charge in [0.05, 0.1) is 10.5 Å². The lowest BCUT2D eigenvalue weighted by Crippen LogP contribution is -2.47. The average Bonchev–Trinajstić information content (AvgIpc) is 2.67. The Kier molecular flexibility index (Phi) is 6.63. The first-order valence-corrected chi connectivity index (χ1v) is 11.4. The highest BCUT2D eigenvalue weighted by atomic mass is 32.2. The standard InChI is InChI=1S/C19H27F3N4O3S/c1-24-8-10-26(11-9-24)18(27)12-14-4-6-25(7-5-14)17-3-2-15(30(23,28)29)13-16(17)19(20,21)22/h2-3,13-14H,4-12H2,1H3,(H2,23,28,29). The maximum absolute atomic E-state index is 13.5. The lowest BCUT2D eigenvalue weighted by atomic mass is 9.92. The fourth-order valence-corrected chi connectivity index (χ4v) is 4.54. The third kappa shape index (κ3) is 5.44. The highest BCUT2D eigenvalue weighted by Gasteiger charge is 2.37. The van der Waals surface area contributed by atoms with Gasteiger partial charge in [0.15, 0.2) is 0 Å². The molecule has 0 unspecified atom stereocenters. The minimum Gasteiger partial charge on any atom is -0.371 e. The van der Waals surface area contributed by atoms with E-state index in [0.29, 0.717) is 51.5 Å². The summed E-state index contributed by atoms with van der Waals surface area (Å²) in [5.74, 6) is 0.237. The lowest BCUT2D eigenvalue weighted by Gasteiger charge is -2.37. The van der Waals surface area contributed by atoms with Crippen LogP contribution in [0.15, 0.2) is 23.1 Å². The van der Waals surface area contributed by atoms with E-state index in [0.717, 1.165) is 25.2 Å². The number of piperidine rings is 1. The van der Waals surface area contributed by atoms with Gasteiger partial charge in [0.25, 0.3) is 0 Å². The Balaban J connectivity index is 1.65. The number of piperazine rings is 1. The number of hydrogen-bond acceptors (Lipinski definition) is 5. The second kappa shape index (κ2) is 8.72. The normalized spacial score (nSPS) is 19.9. The van der Waals surface area contributed by atoms with E-state index in [1.807, 2.05) is 11.9 Å². The molecular weight excluding hydrogens is 421 g/mol. The molecule has 11 heteroatoms. The second-order valence-corrected chi connectivity index (χ2v) is 9.60. The number of nitrogens with two attached hydrogens (primary N) is 1. The predicted molar refractivity (Wildman–Crippen MR) is 106 cm³/mol. The minimum absolute atomic E-state index is 0.0567. The summed E-state index contributed by atoms with van der Waals surface area (Å²) >= 11 is 0. The van der Waals surface area contributed by atoms with Crippen LogP contribution in [-0.2, 0) is 21.0 Å². The Morgan fingerprint density at radius 3 is 2.23 bits per heavy atom. The first-order valence-electron chi connectivity index (χ1n) is 9.90. The van der Waals surface area contributed by atoms with Gasteiger partial charge in [0, 0.05) is 51.4 Å². The van der Waals surface area contributed by atoms with Gasteiger partial charge in [-0.1, -0.05) is 0 Å². The number of amides is 1. The van der Waals surface area contributed by atoms with Crippen LogP contribution in [0.3, 0.4) is 0 Å². The largest absolute Gasteiger partial charge is 0.418 e. The molecule has 2 heterocycles. The third-order valence-electron chi connectivity index (χ3n) is 5.88. The summed E-state index contributed by atoms with van der Waals surface area (Å²) in [5, 5.41) is 4.98. The van der Waals surface area contributed by atoms with Crippen molar-refractivity contribution in [1.82, 2.24) is 9.80 Å². The van der Waals surface area contributed by atoms with Crippen molar-refractivity contribution in [3.63, 3.8) is 0 Å². The summed E-state index contributed by atoms with van der Waals surface area (Å²) in [6, 6.07) is 2.86. The molecular formula is C19H27F3N4O3S. The Morgan fingerprint density at radius 1 is 1.10 bits per heavy atom. The van der Waals surface area contributed by atoms with Crippen molar-refractivity contribution in [3.8, 4) is 0 Å². The van der Waals surface area contributed by atoms with E-state index in [-0.39, 0.29) is 17.5 Å². The first kappa shape index (κ1) is 22.8. The van der Waals surface area contributed by atoms with Crippen LogP contribution in [-0.4, -0.2) is 70.4 Å². The Labute approximate surface area is 174 Å². The summed E-state index contributed by atoms with van der Waals surface area (Å²) in [5.41, 5.74) is -1.07. The molecule has 3 rings (SSSR count). The smallest absolute Gasteiger partial charge is 0.371 e. The highest BCUT2D eigenvalue weighted by Crippen LogP contribution is 2.39. The average molecular weight is 449 g/mol. The lowest BCUT2D eigenvalue weighted by molar-refractivity contribution is -0.137. The number of sulfonamides is 1. The Bertz CT molecular complexity index is 876. The van der Waals surface area contributed by atoms with E-state index in [2.05, 4.69) is 4.90 Å². The van der Waals surface area contributed by atoms with Crippen molar-refractivity contribution in [1.29, 1.82) is 0 Å². The number of alkyl halides is 3. The monoisotopic (exact) mass is 448 g/mol. The molecule has 2 aliphatic heterocycles. The fraction of sp³-hybridized carbons (Fsp3) is 0.632. The molecule has 7 nitrogen and oxygen atoms in total. The van der Waals surface area contributed by atoms with Crippen molar-refractivity contribution in [2.75, 3.05) is 51.2 Å². The van der Waals surface area contributed by atoms with E-state index < -0.39 is 26.7 Å². The third-order valence-corrected chi connectivity index (χ3v) is 6.79. The van der Waals surface area contributed by atoms with E-state index in [9.17, 15) is 26.4 Å². The molecule has 1 aromatic rings. The summed E-state index contributed by atoms with van der Waals surface area (Å²) in [6.07, 6.45) is -3.08. The van der Waals surface area contributed by atoms with Crippen LogP contribution in [0.4, 0.5) is 18.9 Å². The van der Waals surface area contributed by atoms with Gasteiger partial charge in [-0.05, 0) is 44.0 Å². The van der Waals surface area contributed by atoms with Crippen LogP contribution in [0.1, 0.15) is 24.8 Å². The topological polar surface area (TPSA) is 86.9 Å². The maximum atomic E-state index is 13.5. The molecule has 0 bridgehead atoms. The molecule has 0 saturated carbocycles. The van der Waals surface area contributed by atoms with Crippen molar-refractivity contribution in [3.05, 3.63) is 23.8 Å². The number of likely N-dealkylation sites (N-methyl/N-ethyl adjacent to an activating group) is 1. The molecule has 0 spiro atoms. The summed E-state index contributed by atoms with van der Waals surface area (Å²) in [6.45, 7) is 3.86. The van der Waals surface area contributed by atoms with Crippen LogP contribution in [0.5, 0.6) is 0 Å². The van der Waals surface area contributed by atoms with Gasteiger partial charge in [-0.15, -0.1) is 0 Å². The number of hydrogen-bond donors (Lipinski definition) is 1. The maximum Gasteiger partial charge on any atom is 0.418 e. The first-order chi connectivity index (χ1) is 13.9. The van der Waals surface area contributed by atoms with Crippen molar-refractivity contribution >= 4 is 21.6 Å². The molecule has 0 radical (unpaired) electrons. The Morgan fingerprint density at radius 2 is 1.70 bits per heavy atom. The van der Waals surface area contributed by atoms with Crippen LogP contribution in [0, 0.1) is 5.92 Å². The van der Waals surface area contributed by atoms with E-state index >= 15 is 0 Å². The summed E-state index contributed by atoms with van der Waals surface area (Å²) in [7, 11) is -2.22. The molecule has 2 fully saturated rings. The SMILES string of the molecule is CN1CCN(C(=O)CC2CCN(c3ccc(S(N)(=O)=O)cc3C(F)(F)F)CC2)CC1. The zero-order valence-corrected chi connectivity index (χ0v) is 17.7. The number of benzene rings is 1. The van der Waals surface area contributed by atoms with Gasteiger partial charge in [-0.2, -0.15) is 13.2 Å². The van der Waals surface area contributed by atoms with Gasteiger partial charge in [0.1, 0.15) is 0 Å². The molecule has 0 aromatic heterocycles. The zero-order valence-electron chi connectivity index (χ0n) is 16.9. The van der Waals surface area contributed by atoms with Gasteiger partial charge in [-0.3, -0.25) is 4.79 Å². The number of carbonyl (C=O) groups excluding carboxylic acids is 1. The van der Waals surface area contributed by atoms with Crippen LogP contribution < -0.4 is 10.0 Å². The molecule has 1 aromatic carbocycles. The Hall–Kier alpha value is -1.85. The molecule has 2 aliphatic rings. The quantitative estimate of drug-likeness (QED) is 0.758. The zero-order chi connectivity index (χ0) is 22.1. The molecule has 30 heavy (non-hydrogen) atoms. The number of rotatable bonds is 4. The van der Waals surface area contributed by atoms with E-state index in [4.69, 9.17) is 5.14 Å². The van der Waals surface area contributed by atoms with Gasteiger partial charge in [-0.25, -0.2) is 13.6 Å². The fourth-order valence-electron chi connectivity index (χ4n) is 4.00. The second-order valence-electron chi connectivity index (χ2n) is 8.04. The number of primary sulfonamides is 1. The summed E-state index contributed by atoms with van der Waals surface area (Å²) in [4.78, 5) is 17.6. The minimum atomic E-state index is -4.70. The van der Waals surface area contributed by atoms with Crippen LogP contribution in [0.2, 0.25) is 0 Å². The van der Waals surface area contributed by atoms with E-state index in [1.165, 1.54) is 0 Å². The van der Waals surface area contributed by atoms with Crippen LogP contribution >= 0.6 is 0 Å². The van der Waals surface area contributed by atoms with Crippen molar-refractivity contribution in [2.45, 2.75) is 30.3 Å². The molecule has 168 valence electrons. The number of carbonyl (C=O) groups is 1. The number of anilines is 1. The molecule has 2 saturated heterocycles. The molecule has 1 amide bonds. The molecule has 0 aliphatic carbocycles. The van der Waals surface area contributed by atoms with Gasteiger partial charge < -0.3 is 14.7 Å². The number of halogens is 3. The van der Waals surface area contributed by atoms with Gasteiger partial charge >= 0.3 is 6.18 Å². The molecule has 0 atom stereocenters. The highest BCUT2D eigenvalue weighted by molar-refractivity contribution is 7.89. The van der Waals surface area contributed by atoms with Crippen LogP contribution in [0.25, 0.3) is 0 Å². The molecule has 2 N–H and O–H groups in total. The number of nitrogens with zero attached hydrogens (tertiary/aromatic N) is 3. The van der Waals surface area contributed by atoms with E-state index in [1.54, 1.807) is 4.90 Å². The van der Waals surface area contributed by atoms with Gasteiger partial charge in [0.2, 0.25) is 15.9 Å².